The number of fused-ring (bicyclic) bond motifs is 6. The molecule has 3 aromatic rings. The minimum atomic E-state index is -3.24. The molecule has 4 heterocycles. The molecule has 146 valence electrons. The van der Waals surface area contributed by atoms with Gasteiger partial charge in [-0.25, -0.2) is 17.9 Å². The van der Waals surface area contributed by atoms with Gasteiger partial charge in [0.15, 0.2) is 5.65 Å². The van der Waals surface area contributed by atoms with E-state index in [-0.39, 0.29) is 17.8 Å². The van der Waals surface area contributed by atoms with Crippen LogP contribution in [0.4, 0.5) is 0 Å². The van der Waals surface area contributed by atoms with Gasteiger partial charge in [-0.15, -0.1) is 0 Å². The molecule has 2 aliphatic rings. The van der Waals surface area contributed by atoms with Gasteiger partial charge in [0, 0.05) is 35.9 Å². The first-order valence-corrected chi connectivity index (χ1v) is 11.2. The molecule has 2 bridgehead atoms. The highest BCUT2D eigenvalue weighted by Gasteiger charge is 2.46. The van der Waals surface area contributed by atoms with Gasteiger partial charge in [0.25, 0.3) is 0 Å². The third-order valence-electron chi connectivity index (χ3n) is 5.91. The number of hydrogen-bond acceptors (Lipinski definition) is 5. The second kappa shape index (κ2) is 6.28. The Hall–Kier alpha value is -2.45. The number of methoxy groups -OCH3 is 1. The van der Waals surface area contributed by atoms with Crippen molar-refractivity contribution in [1.82, 2.24) is 18.9 Å². The van der Waals surface area contributed by atoms with Gasteiger partial charge in [-0.2, -0.15) is 9.40 Å². The lowest BCUT2D eigenvalue weighted by molar-refractivity contribution is 0.298. The number of sulfonamides is 1. The largest absolute Gasteiger partial charge is 0.496 e. The van der Waals surface area contributed by atoms with E-state index in [4.69, 9.17) is 9.84 Å². The molecule has 0 unspecified atom stereocenters. The lowest BCUT2D eigenvalue weighted by Gasteiger charge is -2.34. The first-order valence-electron chi connectivity index (χ1n) is 9.55. The Labute approximate surface area is 164 Å². The molecule has 0 radical (unpaired) electrons. The number of hydrogen-bond donors (Lipinski definition) is 0. The Balaban J connectivity index is 1.65. The SMILES string of the molecule is CCS(=O)(=O)N1[C@H]2CC[C@H]1c1cnc3cc(-c4ccccc4OC)nn3c1C2. The third-order valence-corrected chi connectivity index (χ3v) is 7.84. The minimum absolute atomic E-state index is 0.00645. The van der Waals surface area contributed by atoms with Crippen LogP contribution in [0.3, 0.4) is 0 Å². The maximum Gasteiger partial charge on any atom is 0.214 e. The minimum Gasteiger partial charge on any atom is -0.496 e. The first kappa shape index (κ1) is 17.6. The van der Waals surface area contributed by atoms with Crippen molar-refractivity contribution in [1.29, 1.82) is 0 Å². The zero-order valence-electron chi connectivity index (χ0n) is 15.9. The molecule has 0 spiro atoms. The Morgan fingerprint density at radius 2 is 2.07 bits per heavy atom. The lowest BCUT2D eigenvalue weighted by Crippen LogP contribution is -2.43. The Kier molecular flexibility index (Phi) is 3.96. The second-order valence-electron chi connectivity index (χ2n) is 7.34. The van der Waals surface area contributed by atoms with Gasteiger partial charge in [-0.1, -0.05) is 12.1 Å². The smallest absolute Gasteiger partial charge is 0.214 e. The number of para-hydroxylation sites is 1. The average Bonchev–Trinajstić information content (AvgIpc) is 3.29. The van der Waals surface area contributed by atoms with Crippen molar-refractivity contribution in [2.24, 2.45) is 0 Å². The lowest BCUT2D eigenvalue weighted by atomic mass is 10.0. The van der Waals surface area contributed by atoms with Gasteiger partial charge in [0.1, 0.15) is 5.75 Å². The topological polar surface area (TPSA) is 76.8 Å². The molecule has 1 saturated heterocycles. The summed E-state index contributed by atoms with van der Waals surface area (Å²) in [5.41, 5.74) is 4.53. The number of aromatic nitrogens is 3. The zero-order valence-corrected chi connectivity index (χ0v) is 16.7. The summed E-state index contributed by atoms with van der Waals surface area (Å²) < 4.78 is 34.3. The van der Waals surface area contributed by atoms with Gasteiger partial charge in [-0.3, -0.25) is 0 Å². The molecule has 0 saturated carbocycles. The van der Waals surface area contributed by atoms with E-state index in [1.54, 1.807) is 18.3 Å². The number of nitrogens with zero attached hydrogens (tertiary/aromatic N) is 4. The van der Waals surface area contributed by atoms with E-state index < -0.39 is 10.0 Å². The molecular weight excluding hydrogens is 376 g/mol. The van der Waals surface area contributed by atoms with Crippen LogP contribution in [0.1, 0.15) is 37.1 Å². The van der Waals surface area contributed by atoms with Crippen LogP contribution in [0.5, 0.6) is 5.75 Å². The Morgan fingerprint density at radius 3 is 2.86 bits per heavy atom. The molecule has 1 aromatic carbocycles. The fourth-order valence-electron chi connectivity index (χ4n) is 4.60. The molecule has 28 heavy (non-hydrogen) atoms. The number of ether oxygens (including phenoxy) is 1. The monoisotopic (exact) mass is 398 g/mol. The van der Waals surface area contributed by atoms with Crippen LogP contribution in [0, 0.1) is 0 Å². The molecule has 8 heteroatoms. The van der Waals surface area contributed by atoms with Gasteiger partial charge in [0.2, 0.25) is 10.0 Å². The summed E-state index contributed by atoms with van der Waals surface area (Å²) in [4.78, 5) is 4.59. The summed E-state index contributed by atoms with van der Waals surface area (Å²) in [6.45, 7) is 1.71. The average molecular weight is 398 g/mol. The van der Waals surface area contributed by atoms with Crippen LogP contribution in [0.25, 0.3) is 16.9 Å². The van der Waals surface area contributed by atoms with E-state index in [2.05, 4.69) is 4.98 Å². The van der Waals surface area contributed by atoms with Crippen molar-refractivity contribution in [2.45, 2.75) is 38.3 Å². The van der Waals surface area contributed by atoms with Crippen molar-refractivity contribution in [3.63, 3.8) is 0 Å². The third kappa shape index (κ3) is 2.48. The van der Waals surface area contributed by atoms with E-state index in [1.165, 1.54) is 0 Å². The van der Waals surface area contributed by atoms with Crippen molar-refractivity contribution in [3.05, 3.63) is 47.8 Å². The second-order valence-corrected chi connectivity index (χ2v) is 9.50. The number of rotatable bonds is 4. The van der Waals surface area contributed by atoms with Crippen LogP contribution in [0.15, 0.2) is 36.5 Å². The van der Waals surface area contributed by atoms with Crippen molar-refractivity contribution in [2.75, 3.05) is 12.9 Å². The summed E-state index contributed by atoms with van der Waals surface area (Å²) in [6.07, 6.45) is 4.21. The van der Waals surface area contributed by atoms with E-state index in [1.807, 2.05) is 41.0 Å². The summed E-state index contributed by atoms with van der Waals surface area (Å²) in [6, 6.07) is 9.61. The Bertz CT molecular complexity index is 1170. The molecule has 1 fully saturated rings. The standard InChI is InChI=1S/C20H22N4O3S/c1-3-28(25,26)24-13-8-9-17(24)15-12-21-20-11-16(22-23(20)18(15)10-13)14-6-4-5-7-19(14)27-2/h4-7,11-13,17H,3,8-10H2,1-2H3/t13-,17-/m0/s1. The van der Waals surface area contributed by atoms with Crippen LogP contribution in [-0.4, -0.2) is 46.2 Å². The maximum atomic E-state index is 12.6. The van der Waals surface area contributed by atoms with Gasteiger partial charge in [0.05, 0.1) is 30.3 Å². The number of benzene rings is 1. The van der Waals surface area contributed by atoms with Crippen molar-refractivity contribution >= 4 is 15.7 Å². The van der Waals surface area contributed by atoms with E-state index in [0.29, 0.717) is 6.42 Å². The molecule has 0 aliphatic carbocycles. The maximum absolute atomic E-state index is 12.6. The molecule has 0 amide bonds. The fraction of sp³-hybridized carbons (Fsp3) is 0.400. The zero-order chi connectivity index (χ0) is 19.5. The molecule has 0 N–H and O–H groups in total. The summed E-state index contributed by atoms with van der Waals surface area (Å²) in [5, 5.41) is 4.82. The van der Waals surface area contributed by atoms with E-state index in [9.17, 15) is 8.42 Å². The van der Waals surface area contributed by atoms with Gasteiger partial charge < -0.3 is 4.74 Å². The summed E-state index contributed by atoms with van der Waals surface area (Å²) in [5.74, 6) is 0.894. The van der Waals surface area contributed by atoms with E-state index in [0.717, 1.165) is 46.8 Å². The molecule has 5 rings (SSSR count). The fourth-order valence-corrected chi connectivity index (χ4v) is 6.14. The highest BCUT2D eigenvalue weighted by atomic mass is 32.2. The van der Waals surface area contributed by atoms with Gasteiger partial charge in [-0.05, 0) is 31.9 Å². The molecule has 7 nitrogen and oxygen atoms in total. The predicted octanol–water partition coefficient (Wildman–Crippen LogP) is 2.82. The van der Waals surface area contributed by atoms with Crippen LogP contribution in [-0.2, 0) is 16.4 Å². The highest BCUT2D eigenvalue weighted by molar-refractivity contribution is 7.89. The van der Waals surface area contributed by atoms with Crippen molar-refractivity contribution < 1.29 is 13.2 Å². The van der Waals surface area contributed by atoms with Gasteiger partial charge >= 0.3 is 0 Å². The van der Waals surface area contributed by atoms with Crippen LogP contribution >= 0.6 is 0 Å². The van der Waals surface area contributed by atoms with Crippen LogP contribution < -0.4 is 4.74 Å². The molecule has 2 atom stereocenters. The quantitative estimate of drug-likeness (QED) is 0.675. The molecule has 2 aromatic heterocycles. The molecular formula is C20H22N4O3S. The Morgan fingerprint density at radius 1 is 1.25 bits per heavy atom. The van der Waals surface area contributed by atoms with E-state index >= 15 is 0 Å². The summed E-state index contributed by atoms with van der Waals surface area (Å²) >= 11 is 0. The normalized spacial score (nSPS) is 21.8. The molecule has 2 aliphatic heterocycles. The van der Waals surface area contributed by atoms with Crippen molar-refractivity contribution in [3.8, 4) is 17.0 Å². The van der Waals surface area contributed by atoms with Crippen LogP contribution in [0.2, 0.25) is 0 Å². The first-order chi connectivity index (χ1) is 13.5. The predicted molar refractivity (Wildman–Crippen MR) is 106 cm³/mol. The summed E-state index contributed by atoms with van der Waals surface area (Å²) in [7, 11) is -1.59. The highest BCUT2D eigenvalue weighted by Crippen LogP contribution is 2.45.